The van der Waals surface area contributed by atoms with E-state index in [-0.39, 0.29) is 5.97 Å². The second-order valence-electron chi connectivity index (χ2n) is 6.21. The number of benzene rings is 2. The Kier molecular flexibility index (Phi) is 5.11. The predicted molar refractivity (Wildman–Crippen MR) is 96.5 cm³/mol. The topological polar surface area (TPSA) is 29.5 Å². The normalized spacial score (nSPS) is 15.4. The molecule has 0 bridgehead atoms. The molecule has 3 heteroatoms. The summed E-state index contributed by atoms with van der Waals surface area (Å²) in [6, 6.07) is 18.7. The summed E-state index contributed by atoms with van der Waals surface area (Å²) in [5, 5.41) is 0. The molecule has 2 aromatic rings. The Morgan fingerprint density at radius 2 is 1.79 bits per heavy atom. The molecule has 2 aromatic carbocycles. The maximum absolute atomic E-state index is 12.2. The van der Waals surface area contributed by atoms with Gasteiger partial charge in [0.2, 0.25) is 0 Å². The van der Waals surface area contributed by atoms with Gasteiger partial charge in [-0.25, -0.2) is 4.79 Å². The molecule has 0 amide bonds. The van der Waals surface area contributed by atoms with Crippen molar-refractivity contribution in [1.29, 1.82) is 0 Å². The number of esters is 1. The fourth-order valence-corrected chi connectivity index (χ4v) is 3.30. The number of carbonyl (C=O) groups is 1. The molecule has 0 fully saturated rings. The van der Waals surface area contributed by atoms with Gasteiger partial charge in [0, 0.05) is 25.2 Å². The van der Waals surface area contributed by atoms with Crippen LogP contribution in [0.1, 0.15) is 23.1 Å². The number of hydrogen-bond acceptors (Lipinski definition) is 3. The summed E-state index contributed by atoms with van der Waals surface area (Å²) in [6.07, 6.45) is 0.725. The van der Waals surface area contributed by atoms with Gasteiger partial charge < -0.3 is 4.74 Å². The molecule has 3 nitrogen and oxygen atoms in total. The molecule has 124 valence electrons. The van der Waals surface area contributed by atoms with E-state index >= 15 is 0 Å². The maximum Gasteiger partial charge on any atom is 0.334 e. The highest BCUT2D eigenvalue weighted by Crippen LogP contribution is 2.30. The summed E-state index contributed by atoms with van der Waals surface area (Å²) in [5.41, 5.74) is 5.55. The zero-order chi connectivity index (χ0) is 16.9. The van der Waals surface area contributed by atoms with Crippen molar-refractivity contribution in [2.45, 2.75) is 19.9 Å². The van der Waals surface area contributed by atoms with Gasteiger partial charge in [0.15, 0.2) is 0 Å². The molecule has 0 aliphatic carbocycles. The molecule has 0 saturated heterocycles. The van der Waals surface area contributed by atoms with Gasteiger partial charge in [-0.15, -0.1) is 0 Å². The van der Waals surface area contributed by atoms with Crippen molar-refractivity contribution in [3.63, 3.8) is 0 Å². The van der Waals surface area contributed by atoms with Crippen LogP contribution in [0.2, 0.25) is 0 Å². The number of rotatable bonds is 4. The average Bonchev–Trinajstić information content (AvgIpc) is 2.62. The van der Waals surface area contributed by atoms with Crippen LogP contribution in [-0.4, -0.2) is 31.1 Å². The molecule has 0 N–H and O–H groups in total. The average molecular weight is 321 g/mol. The fourth-order valence-electron chi connectivity index (χ4n) is 3.30. The van der Waals surface area contributed by atoms with E-state index < -0.39 is 0 Å². The lowest BCUT2D eigenvalue weighted by atomic mass is 9.91. The number of aryl methyl sites for hydroxylation is 1. The van der Waals surface area contributed by atoms with Crippen molar-refractivity contribution >= 4 is 11.5 Å². The summed E-state index contributed by atoms with van der Waals surface area (Å²) in [7, 11) is 1.46. The first-order chi connectivity index (χ1) is 11.7. The van der Waals surface area contributed by atoms with Crippen molar-refractivity contribution in [2.75, 3.05) is 20.2 Å². The smallest absolute Gasteiger partial charge is 0.334 e. The molecule has 0 atom stereocenters. The van der Waals surface area contributed by atoms with Crippen molar-refractivity contribution < 1.29 is 9.53 Å². The van der Waals surface area contributed by atoms with Crippen LogP contribution in [-0.2, 0) is 16.1 Å². The van der Waals surface area contributed by atoms with E-state index in [4.69, 9.17) is 4.74 Å². The number of carbonyl (C=O) groups excluding carboxylic acids is 1. The Labute approximate surface area is 143 Å². The Morgan fingerprint density at radius 3 is 2.50 bits per heavy atom. The molecule has 24 heavy (non-hydrogen) atoms. The highest BCUT2D eigenvalue weighted by Gasteiger charge is 2.25. The molecule has 1 aliphatic rings. The van der Waals surface area contributed by atoms with Crippen molar-refractivity contribution in [2.24, 2.45) is 0 Å². The Bertz CT molecular complexity index is 749. The molecule has 0 aromatic heterocycles. The van der Waals surface area contributed by atoms with E-state index in [9.17, 15) is 4.79 Å². The monoisotopic (exact) mass is 321 g/mol. The van der Waals surface area contributed by atoms with Crippen molar-refractivity contribution in [1.82, 2.24) is 4.90 Å². The van der Waals surface area contributed by atoms with Gasteiger partial charge in [0.05, 0.1) is 7.11 Å². The highest BCUT2D eigenvalue weighted by molar-refractivity contribution is 5.98. The predicted octanol–water partition coefficient (Wildman–Crippen LogP) is 3.83. The van der Waals surface area contributed by atoms with E-state index in [1.807, 2.05) is 18.2 Å². The molecule has 0 spiro atoms. The van der Waals surface area contributed by atoms with Crippen molar-refractivity contribution in [3.8, 4) is 0 Å². The van der Waals surface area contributed by atoms with Crippen LogP contribution >= 0.6 is 0 Å². The first-order valence-electron chi connectivity index (χ1n) is 8.31. The molecule has 3 rings (SSSR count). The van der Waals surface area contributed by atoms with Gasteiger partial charge in [0.25, 0.3) is 0 Å². The Morgan fingerprint density at radius 1 is 1.08 bits per heavy atom. The molecular weight excluding hydrogens is 298 g/mol. The SMILES string of the molecule is COC(=O)C1=C(c2ccccc2C)CN(Cc2ccccc2)CC1. The lowest BCUT2D eigenvalue weighted by Crippen LogP contribution is -2.33. The van der Waals surface area contributed by atoms with Gasteiger partial charge in [-0.3, -0.25) is 4.90 Å². The van der Waals surface area contributed by atoms with Crippen molar-refractivity contribution in [3.05, 3.63) is 76.9 Å². The van der Waals surface area contributed by atoms with Crippen LogP contribution in [0.25, 0.3) is 5.57 Å². The highest BCUT2D eigenvalue weighted by atomic mass is 16.5. The molecule has 0 unspecified atom stereocenters. The molecule has 0 radical (unpaired) electrons. The quantitative estimate of drug-likeness (QED) is 0.802. The number of ether oxygens (including phenoxy) is 1. The third-order valence-electron chi connectivity index (χ3n) is 4.58. The maximum atomic E-state index is 12.2. The first-order valence-corrected chi connectivity index (χ1v) is 8.31. The third-order valence-corrected chi connectivity index (χ3v) is 4.58. The van der Waals surface area contributed by atoms with E-state index in [0.29, 0.717) is 0 Å². The largest absolute Gasteiger partial charge is 0.466 e. The number of hydrogen-bond donors (Lipinski definition) is 0. The third kappa shape index (κ3) is 3.57. The second-order valence-corrected chi connectivity index (χ2v) is 6.21. The van der Waals surface area contributed by atoms with Gasteiger partial charge in [-0.05, 0) is 35.6 Å². The minimum absolute atomic E-state index is 0.201. The molecule has 1 heterocycles. The Hall–Kier alpha value is -2.39. The minimum Gasteiger partial charge on any atom is -0.466 e. The van der Waals surface area contributed by atoms with Crippen LogP contribution < -0.4 is 0 Å². The van der Waals surface area contributed by atoms with E-state index in [1.54, 1.807) is 0 Å². The van der Waals surface area contributed by atoms with Crippen LogP contribution in [0, 0.1) is 6.92 Å². The fraction of sp³-hybridized carbons (Fsp3) is 0.286. The van der Waals surface area contributed by atoms with Gasteiger partial charge in [-0.2, -0.15) is 0 Å². The second kappa shape index (κ2) is 7.45. The van der Waals surface area contributed by atoms with E-state index in [2.05, 4.69) is 48.2 Å². The summed E-state index contributed by atoms with van der Waals surface area (Å²) in [6.45, 7) is 4.62. The zero-order valence-corrected chi connectivity index (χ0v) is 14.3. The van der Waals surface area contributed by atoms with Gasteiger partial charge in [-0.1, -0.05) is 54.6 Å². The summed E-state index contributed by atoms with van der Waals surface area (Å²) >= 11 is 0. The number of methoxy groups -OCH3 is 1. The summed E-state index contributed by atoms with van der Waals surface area (Å²) in [4.78, 5) is 14.6. The first kappa shape index (κ1) is 16.5. The Balaban J connectivity index is 1.91. The van der Waals surface area contributed by atoms with Gasteiger partial charge in [0.1, 0.15) is 0 Å². The van der Waals surface area contributed by atoms with Crippen LogP contribution in [0.5, 0.6) is 0 Å². The van der Waals surface area contributed by atoms with Gasteiger partial charge >= 0.3 is 5.97 Å². The molecular formula is C21H23NO2. The standard InChI is InChI=1S/C21H23NO2/c1-16-8-6-7-11-18(16)20-15-22(13-12-19(20)21(23)24-2)14-17-9-4-3-5-10-17/h3-11H,12-15H2,1-2H3. The van der Waals surface area contributed by atoms with Crippen LogP contribution in [0.4, 0.5) is 0 Å². The zero-order valence-electron chi connectivity index (χ0n) is 14.3. The van der Waals surface area contributed by atoms with Crippen LogP contribution in [0.3, 0.4) is 0 Å². The lowest BCUT2D eigenvalue weighted by molar-refractivity contribution is -0.136. The van der Waals surface area contributed by atoms with E-state index in [0.717, 1.165) is 42.8 Å². The lowest BCUT2D eigenvalue weighted by Gasteiger charge is -2.31. The summed E-state index contributed by atoms with van der Waals surface area (Å²) in [5.74, 6) is -0.201. The molecule has 1 aliphatic heterocycles. The minimum atomic E-state index is -0.201. The van der Waals surface area contributed by atoms with Crippen LogP contribution in [0.15, 0.2) is 60.2 Å². The number of nitrogens with zero attached hydrogens (tertiary/aromatic N) is 1. The van der Waals surface area contributed by atoms with E-state index in [1.165, 1.54) is 18.2 Å². The molecule has 0 saturated carbocycles. The summed E-state index contributed by atoms with van der Waals surface area (Å²) < 4.78 is 5.02.